The van der Waals surface area contributed by atoms with Crippen LogP contribution >= 0.6 is 47.8 Å². The third kappa shape index (κ3) is 5.93. The lowest BCUT2D eigenvalue weighted by molar-refractivity contribution is -0.305. The van der Waals surface area contributed by atoms with Crippen LogP contribution in [0.15, 0.2) is 25.6 Å². The first kappa shape index (κ1) is 17.7. The van der Waals surface area contributed by atoms with Gasteiger partial charge in [0, 0.05) is 19.4 Å². The van der Waals surface area contributed by atoms with E-state index in [9.17, 15) is 14.7 Å². The van der Waals surface area contributed by atoms with Crippen LogP contribution in [0, 0.1) is 0 Å². The summed E-state index contributed by atoms with van der Waals surface area (Å²) in [4.78, 5) is 22.1. The molecule has 4 nitrogen and oxygen atoms in total. The van der Waals surface area contributed by atoms with E-state index in [1.54, 1.807) is 6.07 Å². The molecule has 0 atom stereocenters. The Morgan fingerprint density at radius 2 is 1.80 bits per heavy atom. The van der Waals surface area contributed by atoms with Gasteiger partial charge in [0.2, 0.25) is 0 Å². The van der Waals surface area contributed by atoms with Crippen LogP contribution in [0.2, 0.25) is 0 Å². The number of ether oxygens (including phenoxy) is 1. The van der Waals surface area contributed by atoms with Gasteiger partial charge in [-0.1, -0.05) is 15.9 Å². The minimum Gasteiger partial charge on any atom is -0.550 e. The Morgan fingerprint density at radius 3 is 2.45 bits per heavy atom. The van der Waals surface area contributed by atoms with E-state index in [4.69, 9.17) is 4.74 Å². The predicted molar refractivity (Wildman–Crippen MR) is 83.3 cm³/mol. The van der Waals surface area contributed by atoms with Gasteiger partial charge in [-0.25, -0.2) is 4.79 Å². The molecular weight excluding hydrogens is 460 g/mol. The van der Waals surface area contributed by atoms with E-state index in [1.807, 2.05) is 6.07 Å². The van der Waals surface area contributed by atoms with Crippen LogP contribution in [0.5, 0.6) is 0 Å². The van der Waals surface area contributed by atoms with Crippen molar-refractivity contribution in [1.82, 2.24) is 0 Å². The molecule has 0 spiro atoms. The zero-order valence-electron chi connectivity index (χ0n) is 10.5. The maximum Gasteiger partial charge on any atom is 0.339 e. The van der Waals surface area contributed by atoms with Gasteiger partial charge in [0.1, 0.15) is 0 Å². The summed E-state index contributed by atoms with van der Waals surface area (Å²) >= 11 is 9.97. The number of carbonyl (C=O) groups is 2. The summed E-state index contributed by atoms with van der Waals surface area (Å²) in [6.45, 7) is 0.266. The largest absolute Gasteiger partial charge is 0.550 e. The van der Waals surface area contributed by atoms with E-state index in [1.165, 1.54) is 0 Å². The molecule has 0 N–H and O–H groups in total. The Hall–Kier alpha value is -0.400. The molecule has 0 unspecified atom stereocenters. The molecule has 0 saturated heterocycles. The molecule has 0 aliphatic carbocycles. The van der Waals surface area contributed by atoms with Crippen molar-refractivity contribution in [2.24, 2.45) is 0 Å². The fourth-order valence-corrected chi connectivity index (χ4v) is 3.11. The molecule has 0 amide bonds. The van der Waals surface area contributed by atoms with Gasteiger partial charge in [0.05, 0.1) is 12.2 Å². The topological polar surface area (TPSA) is 66.4 Å². The molecule has 0 aromatic heterocycles. The lowest BCUT2D eigenvalue weighted by Crippen LogP contribution is -2.21. The number of halogens is 3. The second-order valence-electron chi connectivity index (χ2n) is 4.07. The Bertz CT molecular complexity index is 503. The molecule has 1 aromatic carbocycles. The highest BCUT2D eigenvalue weighted by molar-refractivity contribution is 9.13. The Balaban J connectivity index is 2.42. The summed E-state index contributed by atoms with van der Waals surface area (Å²) < 4.78 is 7.32. The number of rotatable bonds is 7. The number of aliphatic carboxylic acids is 1. The monoisotopic (exact) mass is 469 g/mol. The van der Waals surface area contributed by atoms with Crippen molar-refractivity contribution in [2.45, 2.75) is 25.7 Å². The van der Waals surface area contributed by atoms with Crippen LogP contribution < -0.4 is 5.11 Å². The smallest absolute Gasteiger partial charge is 0.339 e. The third-order valence-electron chi connectivity index (χ3n) is 2.47. The van der Waals surface area contributed by atoms with E-state index in [0.29, 0.717) is 29.3 Å². The predicted octanol–water partition coefficient (Wildman–Crippen LogP) is 3.44. The van der Waals surface area contributed by atoms with Gasteiger partial charge >= 0.3 is 5.97 Å². The van der Waals surface area contributed by atoms with Gasteiger partial charge in [-0.15, -0.1) is 0 Å². The molecule has 0 aliphatic rings. The number of carboxylic acid groups (broad SMARTS) is 1. The molecule has 0 aliphatic heterocycles. The van der Waals surface area contributed by atoms with Gasteiger partial charge in [0.15, 0.2) is 0 Å². The fraction of sp³-hybridized carbons (Fsp3) is 0.385. The first-order valence-corrected chi connectivity index (χ1v) is 8.31. The molecule has 7 heteroatoms. The molecule has 1 rings (SSSR count). The Kier molecular flexibility index (Phi) is 7.76. The summed E-state index contributed by atoms with van der Waals surface area (Å²) in [5.41, 5.74) is 0.431. The van der Waals surface area contributed by atoms with Crippen molar-refractivity contribution in [2.75, 3.05) is 6.61 Å². The van der Waals surface area contributed by atoms with Gasteiger partial charge < -0.3 is 14.6 Å². The molecular formula is C13H12Br3O4-. The lowest BCUT2D eigenvalue weighted by Gasteiger charge is -2.08. The number of carboxylic acids is 1. The summed E-state index contributed by atoms with van der Waals surface area (Å²) in [6, 6.07) is 3.49. The van der Waals surface area contributed by atoms with Crippen molar-refractivity contribution in [3.63, 3.8) is 0 Å². The second-order valence-corrected chi connectivity index (χ2v) is 6.63. The fourth-order valence-electron chi connectivity index (χ4n) is 1.50. The standard InChI is InChI=1S/C13H13Br3O4/c14-8-6-9(12(16)10(15)7-8)13(19)20-5-3-1-2-4-11(17)18/h6-7H,1-5H2,(H,17,18)/p-1. The van der Waals surface area contributed by atoms with Crippen molar-refractivity contribution < 1.29 is 19.4 Å². The maximum absolute atomic E-state index is 11.9. The van der Waals surface area contributed by atoms with Gasteiger partial charge in [0.25, 0.3) is 0 Å². The highest BCUT2D eigenvalue weighted by atomic mass is 79.9. The zero-order valence-corrected chi connectivity index (χ0v) is 15.2. The molecule has 20 heavy (non-hydrogen) atoms. The van der Waals surface area contributed by atoms with Crippen molar-refractivity contribution in [3.8, 4) is 0 Å². The number of hydrogen-bond acceptors (Lipinski definition) is 4. The molecule has 0 fully saturated rings. The van der Waals surface area contributed by atoms with Gasteiger partial charge in [-0.2, -0.15) is 0 Å². The number of hydrogen-bond donors (Lipinski definition) is 0. The van der Waals surface area contributed by atoms with Crippen molar-refractivity contribution in [1.29, 1.82) is 0 Å². The number of unbranched alkanes of at least 4 members (excludes halogenated alkanes) is 2. The van der Waals surface area contributed by atoms with E-state index in [-0.39, 0.29) is 13.0 Å². The summed E-state index contributed by atoms with van der Waals surface area (Å²) in [5, 5.41) is 10.2. The second kappa shape index (κ2) is 8.79. The molecule has 1 aromatic rings. The summed E-state index contributed by atoms with van der Waals surface area (Å²) in [7, 11) is 0. The Morgan fingerprint density at radius 1 is 1.10 bits per heavy atom. The average molecular weight is 472 g/mol. The van der Waals surface area contributed by atoms with Crippen LogP contribution in [0.1, 0.15) is 36.0 Å². The molecule has 0 bridgehead atoms. The highest BCUT2D eigenvalue weighted by Gasteiger charge is 2.14. The normalized spacial score (nSPS) is 10.3. The number of benzene rings is 1. The quantitative estimate of drug-likeness (QED) is 0.347. The van der Waals surface area contributed by atoms with Crippen LogP contribution in [-0.4, -0.2) is 18.5 Å². The molecule has 0 saturated carbocycles. The van der Waals surface area contributed by atoms with Crippen LogP contribution in [-0.2, 0) is 9.53 Å². The molecule has 110 valence electrons. The lowest BCUT2D eigenvalue weighted by atomic mass is 10.2. The first-order chi connectivity index (χ1) is 9.41. The van der Waals surface area contributed by atoms with Crippen molar-refractivity contribution >= 4 is 59.7 Å². The van der Waals surface area contributed by atoms with Crippen molar-refractivity contribution in [3.05, 3.63) is 31.1 Å². The molecule has 0 radical (unpaired) electrons. The van der Waals surface area contributed by atoms with E-state index in [2.05, 4.69) is 47.8 Å². The van der Waals surface area contributed by atoms with Crippen LogP contribution in [0.3, 0.4) is 0 Å². The molecule has 0 heterocycles. The summed E-state index contributed by atoms with van der Waals surface area (Å²) in [5.74, 6) is -1.47. The zero-order chi connectivity index (χ0) is 15.1. The highest BCUT2D eigenvalue weighted by Crippen LogP contribution is 2.31. The number of esters is 1. The first-order valence-electron chi connectivity index (χ1n) is 5.93. The third-order valence-corrected chi connectivity index (χ3v) is 4.94. The maximum atomic E-state index is 11.9. The minimum atomic E-state index is -1.05. The van der Waals surface area contributed by atoms with E-state index in [0.717, 1.165) is 8.95 Å². The van der Waals surface area contributed by atoms with Crippen LogP contribution in [0.4, 0.5) is 0 Å². The summed E-state index contributed by atoms with van der Waals surface area (Å²) in [6.07, 6.45) is 1.89. The Labute approximate surface area is 142 Å². The van der Waals surface area contributed by atoms with E-state index >= 15 is 0 Å². The van der Waals surface area contributed by atoms with Crippen LogP contribution in [0.25, 0.3) is 0 Å². The van der Waals surface area contributed by atoms with E-state index < -0.39 is 11.9 Å². The van der Waals surface area contributed by atoms with Gasteiger partial charge in [-0.3, -0.25) is 0 Å². The van der Waals surface area contributed by atoms with Gasteiger partial charge in [-0.05, 0) is 69.7 Å². The number of carbonyl (C=O) groups excluding carboxylic acids is 2. The SMILES string of the molecule is O=C([O-])CCCCCOC(=O)c1cc(Br)cc(Br)c1Br. The average Bonchev–Trinajstić information content (AvgIpc) is 2.37. The minimum absolute atomic E-state index is 0.0398.